The van der Waals surface area contributed by atoms with Gasteiger partial charge >= 0.3 is 0 Å². The molecule has 0 saturated heterocycles. The van der Waals surface area contributed by atoms with Crippen molar-refractivity contribution >= 4 is 34.7 Å². The normalized spacial score (nSPS) is 16.7. The van der Waals surface area contributed by atoms with Crippen LogP contribution in [0.4, 0.5) is 0 Å². The third kappa shape index (κ3) is 3.57. The number of nitrogens with zero attached hydrogens (tertiary/aromatic N) is 3. The van der Waals surface area contributed by atoms with Crippen molar-refractivity contribution in [1.82, 2.24) is 14.8 Å². The fourth-order valence-electron chi connectivity index (χ4n) is 3.47. The molecule has 0 bridgehead atoms. The molecule has 1 aliphatic rings. The van der Waals surface area contributed by atoms with E-state index >= 15 is 0 Å². The maximum absolute atomic E-state index is 5.97. The van der Waals surface area contributed by atoms with E-state index in [0.29, 0.717) is 0 Å². The standard InChI is InChI=1S/C20H22ClN3S2/c1-3-24-19(17-12-25-18-10-13(2)4-9-16(17)18)22-23-20(24)26-11-14-5-7-15(21)8-6-14/h5-8,12-13H,3-4,9-11H2,1-2H3/t13-/m0/s1. The number of thioether (sulfide) groups is 1. The minimum Gasteiger partial charge on any atom is -0.302 e. The Morgan fingerprint density at radius 3 is 2.85 bits per heavy atom. The lowest BCUT2D eigenvalue weighted by molar-refractivity contribution is 0.508. The molecule has 0 aliphatic heterocycles. The lowest BCUT2D eigenvalue weighted by Crippen LogP contribution is -2.10. The number of halogens is 1. The third-order valence-corrected chi connectivity index (χ3v) is 7.30. The van der Waals surface area contributed by atoms with Gasteiger partial charge in [-0.15, -0.1) is 21.5 Å². The summed E-state index contributed by atoms with van der Waals surface area (Å²) < 4.78 is 2.25. The molecule has 0 N–H and O–H groups in total. The third-order valence-electron chi connectivity index (χ3n) is 4.96. The van der Waals surface area contributed by atoms with E-state index in [4.69, 9.17) is 11.6 Å². The number of thiophene rings is 1. The van der Waals surface area contributed by atoms with E-state index in [1.54, 1.807) is 16.6 Å². The summed E-state index contributed by atoms with van der Waals surface area (Å²) in [4.78, 5) is 1.54. The summed E-state index contributed by atoms with van der Waals surface area (Å²) in [7, 11) is 0. The second kappa shape index (κ2) is 7.75. The van der Waals surface area contributed by atoms with Crippen LogP contribution in [-0.4, -0.2) is 14.8 Å². The minimum atomic E-state index is 0.773. The Hall–Kier alpha value is -1.30. The van der Waals surface area contributed by atoms with Gasteiger partial charge in [0.1, 0.15) is 0 Å². The van der Waals surface area contributed by atoms with Gasteiger partial charge in [0.25, 0.3) is 0 Å². The Balaban J connectivity index is 1.58. The average Bonchev–Trinajstić information content (AvgIpc) is 3.23. The van der Waals surface area contributed by atoms with Crippen LogP contribution in [0.5, 0.6) is 0 Å². The van der Waals surface area contributed by atoms with Crippen molar-refractivity contribution in [2.75, 3.05) is 0 Å². The summed E-state index contributed by atoms with van der Waals surface area (Å²) >= 11 is 9.60. The zero-order valence-corrected chi connectivity index (χ0v) is 17.4. The molecule has 1 atom stereocenters. The van der Waals surface area contributed by atoms with Crippen molar-refractivity contribution in [3.05, 3.63) is 50.7 Å². The number of benzene rings is 1. The van der Waals surface area contributed by atoms with Gasteiger partial charge in [-0.1, -0.05) is 42.4 Å². The van der Waals surface area contributed by atoms with Crippen molar-refractivity contribution in [2.45, 2.75) is 50.6 Å². The smallest absolute Gasteiger partial charge is 0.191 e. The van der Waals surface area contributed by atoms with Crippen molar-refractivity contribution in [2.24, 2.45) is 5.92 Å². The Bertz CT molecular complexity index is 898. The molecule has 0 unspecified atom stereocenters. The monoisotopic (exact) mass is 403 g/mol. The van der Waals surface area contributed by atoms with Gasteiger partial charge in [0, 0.05) is 33.1 Å². The molecule has 1 aromatic carbocycles. The summed E-state index contributed by atoms with van der Waals surface area (Å²) in [6.45, 7) is 5.40. The fourth-order valence-corrected chi connectivity index (χ4v) is 5.80. The van der Waals surface area contributed by atoms with Gasteiger partial charge in [-0.25, -0.2) is 0 Å². The van der Waals surface area contributed by atoms with Crippen molar-refractivity contribution < 1.29 is 0 Å². The second-order valence-corrected chi connectivity index (χ2v) is 9.21. The van der Waals surface area contributed by atoms with Gasteiger partial charge in [-0.2, -0.15) is 0 Å². The van der Waals surface area contributed by atoms with Crippen LogP contribution in [0.15, 0.2) is 34.8 Å². The molecule has 3 nitrogen and oxygen atoms in total. The highest BCUT2D eigenvalue weighted by atomic mass is 35.5. The number of aromatic nitrogens is 3. The van der Waals surface area contributed by atoms with E-state index in [1.165, 1.54) is 36.0 Å². The highest BCUT2D eigenvalue weighted by Gasteiger charge is 2.24. The van der Waals surface area contributed by atoms with Crippen LogP contribution in [0.2, 0.25) is 5.02 Å². The van der Waals surface area contributed by atoms with Crippen LogP contribution < -0.4 is 0 Å². The first-order valence-corrected chi connectivity index (χ1v) is 11.3. The van der Waals surface area contributed by atoms with Crippen LogP contribution in [0.1, 0.15) is 36.3 Å². The van der Waals surface area contributed by atoms with Crippen molar-refractivity contribution in [3.63, 3.8) is 0 Å². The highest BCUT2D eigenvalue weighted by Crippen LogP contribution is 2.38. The van der Waals surface area contributed by atoms with Gasteiger partial charge < -0.3 is 4.57 Å². The minimum absolute atomic E-state index is 0.773. The predicted octanol–water partition coefficient (Wildman–Crippen LogP) is 6.10. The summed E-state index contributed by atoms with van der Waals surface area (Å²) in [5.41, 5.74) is 4.04. The second-order valence-electron chi connectivity index (χ2n) is 6.86. The molecule has 4 rings (SSSR count). The molecule has 1 aliphatic carbocycles. The van der Waals surface area contributed by atoms with Gasteiger partial charge in [0.05, 0.1) is 0 Å². The molecule has 0 amide bonds. The van der Waals surface area contributed by atoms with Gasteiger partial charge in [-0.05, 0) is 55.4 Å². The molecule has 26 heavy (non-hydrogen) atoms. The molecular formula is C20H22ClN3S2. The van der Waals surface area contributed by atoms with Crippen LogP contribution in [0.25, 0.3) is 11.4 Å². The predicted molar refractivity (Wildman–Crippen MR) is 111 cm³/mol. The van der Waals surface area contributed by atoms with Gasteiger partial charge in [-0.3, -0.25) is 0 Å². The van der Waals surface area contributed by atoms with Crippen molar-refractivity contribution in [1.29, 1.82) is 0 Å². The van der Waals surface area contributed by atoms with Crippen molar-refractivity contribution in [3.8, 4) is 11.4 Å². The molecule has 0 saturated carbocycles. The Morgan fingerprint density at radius 1 is 1.27 bits per heavy atom. The molecule has 136 valence electrons. The lowest BCUT2D eigenvalue weighted by atomic mass is 9.88. The summed E-state index contributed by atoms with van der Waals surface area (Å²) in [6.07, 6.45) is 3.65. The SMILES string of the molecule is CCn1c(SCc2ccc(Cl)cc2)nnc1-c1csc2c1CC[C@H](C)C2. The molecular weight excluding hydrogens is 382 g/mol. The van der Waals surface area contributed by atoms with E-state index in [2.05, 4.69) is 46.1 Å². The maximum atomic E-state index is 5.97. The zero-order valence-electron chi connectivity index (χ0n) is 15.0. The van der Waals surface area contributed by atoms with Crippen LogP contribution >= 0.6 is 34.7 Å². The first-order valence-electron chi connectivity index (χ1n) is 9.05. The molecule has 0 spiro atoms. The topological polar surface area (TPSA) is 30.7 Å². The lowest BCUT2D eigenvalue weighted by Gasteiger charge is -2.19. The Morgan fingerprint density at radius 2 is 2.08 bits per heavy atom. The largest absolute Gasteiger partial charge is 0.302 e. The molecule has 0 fully saturated rings. The van der Waals surface area contributed by atoms with Crippen LogP contribution in [0, 0.1) is 5.92 Å². The molecule has 2 heterocycles. The molecule has 3 aromatic rings. The number of hydrogen-bond donors (Lipinski definition) is 0. The molecule has 2 aromatic heterocycles. The van der Waals surface area contributed by atoms with Gasteiger partial charge in [0.2, 0.25) is 0 Å². The van der Waals surface area contributed by atoms with E-state index < -0.39 is 0 Å². The molecule has 0 radical (unpaired) electrons. The van der Waals surface area contributed by atoms with Crippen LogP contribution in [0.3, 0.4) is 0 Å². The van der Waals surface area contributed by atoms with Gasteiger partial charge in [0.15, 0.2) is 11.0 Å². The Labute approximate surface area is 167 Å². The highest BCUT2D eigenvalue weighted by molar-refractivity contribution is 7.98. The first-order chi connectivity index (χ1) is 12.7. The maximum Gasteiger partial charge on any atom is 0.191 e. The van der Waals surface area contributed by atoms with E-state index in [1.807, 2.05) is 23.5 Å². The number of fused-ring (bicyclic) bond motifs is 1. The quantitative estimate of drug-likeness (QED) is 0.482. The summed E-state index contributed by atoms with van der Waals surface area (Å²) in [5.74, 6) is 2.69. The van der Waals surface area contributed by atoms with E-state index in [-0.39, 0.29) is 0 Å². The average molecular weight is 404 g/mol. The summed E-state index contributed by atoms with van der Waals surface area (Å²) in [6, 6.07) is 8.01. The fraction of sp³-hybridized carbons (Fsp3) is 0.400. The van der Waals surface area contributed by atoms with E-state index in [0.717, 1.165) is 34.2 Å². The van der Waals surface area contributed by atoms with E-state index in [9.17, 15) is 0 Å². The van der Waals surface area contributed by atoms with Crippen LogP contribution in [-0.2, 0) is 25.1 Å². The Kier molecular flexibility index (Phi) is 5.39. The molecule has 6 heteroatoms. The summed E-state index contributed by atoms with van der Waals surface area (Å²) in [5, 5.41) is 13.1. The number of rotatable bonds is 5. The zero-order chi connectivity index (χ0) is 18.1. The number of hydrogen-bond acceptors (Lipinski definition) is 4. The first kappa shape index (κ1) is 18.1.